The van der Waals surface area contributed by atoms with Crippen LogP contribution in [0.1, 0.15) is 147 Å². The van der Waals surface area contributed by atoms with Gasteiger partial charge in [-0.25, -0.2) is 4.79 Å². The van der Waals surface area contributed by atoms with Crippen molar-refractivity contribution in [2.75, 3.05) is 13.1 Å². The number of likely N-dealkylation sites (tertiary alicyclic amines) is 1. The van der Waals surface area contributed by atoms with Gasteiger partial charge < -0.3 is 19.7 Å². The first-order valence-corrected chi connectivity index (χ1v) is 19.8. The minimum absolute atomic E-state index is 0.0249. The molecule has 1 saturated heterocycles. The molecular formula is C42H66N2O6. The lowest BCUT2D eigenvalue weighted by Gasteiger charge is -2.70. The molecule has 6 rings (SSSR count). The van der Waals surface area contributed by atoms with Crippen LogP contribution in [0.15, 0.2) is 11.1 Å². The lowest BCUT2D eigenvalue weighted by molar-refractivity contribution is -0.213. The largest absolute Gasteiger partial charge is 0.462 e. The van der Waals surface area contributed by atoms with Crippen LogP contribution in [0.2, 0.25) is 0 Å². The van der Waals surface area contributed by atoms with Crippen LogP contribution in [0.4, 0.5) is 4.79 Å². The Balaban J connectivity index is 1.32. The molecule has 6 aliphatic rings. The minimum atomic E-state index is -0.815. The number of hydrogen-bond donors (Lipinski definition) is 1. The number of ether oxygens (including phenoxy) is 2. The quantitative estimate of drug-likeness (QED) is 0.229. The van der Waals surface area contributed by atoms with E-state index in [2.05, 4.69) is 53.8 Å². The van der Waals surface area contributed by atoms with Gasteiger partial charge in [-0.3, -0.25) is 14.4 Å². The summed E-state index contributed by atoms with van der Waals surface area (Å²) in [6.45, 7) is 24.7. The molecule has 1 aliphatic heterocycles. The normalized spacial score (nSPS) is 40.8. The number of ketones is 1. The predicted octanol–water partition coefficient (Wildman–Crippen LogP) is 8.41. The molecule has 1 N–H and O–H groups in total. The van der Waals surface area contributed by atoms with E-state index in [1.807, 2.05) is 20.8 Å². The second-order valence-electron chi connectivity index (χ2n) is 19.9. The topological polar surface area (TPSA) is 102 Å². The van der Waals surface area contributed by atoms with Gasteiger partial charge in [0.05, 0.1) is 11.5 Å². The van der Waals surface area contributed by atoms with Crippen LogP contribution in [0.3, 0.4) is 0 Å². The third kappa shape index (κ3) is 5.58. The number of nitrogens with zero attached hydrogens (tertiary/aromatic N) is 1. The highest BCUT2D eigenvalue weighted by Crippen LogP contribution is 2.76. The summed E-state index contributed by atoms with van der Waals surface area (Å²) in [5.41, 5.74) is 1.14. The summed E-state index contributed by atoms with van der Waals surface area (Å²) in [4.78, 5) is 55.6. The Morgan fingerprint density at radius 3 is 2.28 bits per heavy atom. The molecule has 9 atom stereocenters. The van der Waals surface area contributed by atoms with Crippen molar-refractivity contribution < 1.29 is 28.7 Å². The van der Waals surface area contributed by atoms with Gasteiger partial charge in [-0.05, 0) is 125 Å². The van der Waals surface area contributed by atoms with E-state index in [-0.39, 0.29) is 75.8 Å². The summed E-state index contributed by atoms with van der Waals surface area (Å²) >= 11 is 0. The molecule has 280 valence electrons. The lowest BCUT2D eigenvalue weighted by Crippen LogP contribution is -2.64. The van der Waals surface area contributed by atoms with Crippen LogP contribution < -0.4 is 5.32 Å². The van der Waals surface area contributed by atoms with Crippen LogP contribution in [-0.2, 0) is 23.9 Å². The number of carbonyl (C=O) groups excluding carboxylic acids is 4. The summed E-state index contributed by atoms with van der Waals surface area (Å²) in [6, 6.07) is -0.112. The molecule has 0 aromatic heterocycles. The van der Waals surface area contributed by atoms with Crippen LogP contribution in [0, 0.1) is 50.7 Å². The maximum atomic E-state index is 14.7. The number of Topliss-reactive ketones (excluding diaryl/α,β-unsaturated/α-hetero) is 1. The Morgan fingerprint density at radius 2 is 1.64 bits per heavy atom. The Kier molecular flexibility index (Phi) is 9.24. The van der Waals surface area contributed by atoms with Gasteiger partial charge in [0.2, 0.25) is 5.91 Å². The third-order valence-corrected chi connectivity index (χ3v) is 15.5. The Morgan fingerprint density at radius 1 is 0.940 bits per heavy atom. The first-order chi connectivity index (χ1) is 23.1. The summed E-state index contributed by atoms with van der Waals surface area (Å²) in [5.74, 6) is 0.871. The van der Waals surface area contributed by atoms with Gasteiger partial charge in [0, 0.05) is 37.8 Å². The molecule has 4 saturated carbocycles. The number of allylic oxidation sites excluding steroid dienone is 1. The maximum absolute atomic E-state index is 14.7. The van der Waals surface area contributed by atoms with Gasteiger partial charge in [0.1, 0.15) is 17.5 Å². The van der Waals surface area contributed by atoms with Crippen molar-refractivity contribution in [1.82, 2.24) is 10.2 Å². The summed E-state index contributed by atoms with van der Waals surface area (Å²) < 4.78 is 11.6. The highest BCUT2D eigenvalue weighted by Gasteiger charge is 2.69. The van der Waals surface area contributed by atoms with Crippen molar-refractivity contribution >= 4 is 23.8 Å². The second-order valence-corrected chi connectivity index (χ2v) is 19.9. The molecule has 8 heteroatoms. The molecule has 5 fully saturated rings. The van der Waals surface area contributed by atoms with Crippen molar-refractivity contribution in [2.24, 2.45) is 50.7 Å². The van der Waals surface area contributed by atoms with Gasteiger partial charge in [-0.1, -0.05) is 54.0 Å². The number of nitrogens with one attached hydrogen (secondary N) is 1. The van der Waals surface area contributed by atoms with Gasteiger partial charge in [-0.15, -0.1) is 0 Å². The Bertz CT molecular complexity index is 1460. The molecule has 4 unspecified atom stereocenters. The second kappa shape index (κ2) is 12.4. The smallest absolute Gasteiger partial charge is 0.410 e. The molecule has 8 nitrogen and oxygen atoms in total. The molecule has 1 heterocycles. The average Bonchev–Trinajstić information content (AvgIpc) is 3.59. The first kappa shape index (κ1) is 37.4. The minimum Gasteiger partial charge on any atom is -0.462 e. The van der Waals surface area contributed by atoms with Crippen LogP contribution in [0.5, 0.6) is 0 Å². The molecule has 5 aliphatic carbocycles. The van der Waals surface area contributed by atoms with E-state index in [4.69, 9.17) is 9.47 Å². The van der Waals surface area contributed by atoms with Crippen LogP contribution in [-0.4, -0.2) is 59.5 Å². The molecule has 0 spiro atoms. The van der Waals surface area contributed by atoms with Gasteiger partial charge >= 0.3 is 12.1 Å². The predicted molar refractivity (Wildman–Crippen MR) is 194 cm³/mol. The summed E-state index contributed by atoms with van der Waals surface area (Å²) in [6.07, 6.45) is 9.35. The highest BCUT2D eigenvalue weighted by molar-refractivity contribution is 6.00. The zero-order valence-electron chi connectivity index (χ0n) is 33.1. The van der Waals surface area contributed by atoms with E-state index in [0.29, 0.717) is 31.3 Å². The fourth-order valence-electron chi connectivity index (χ4n) is 13.2. The third-order valence-electron chi connectivity index (χ3n) is 15.5. The van der Waals surface area contributed by atoms with E-state index in [9.17, 15) is 19.2 Å². The molecule has 50 heavy (non-hydrogen) atoms. The van der Waals surface area contributed by atoms with E-state index in [1.54, 1.807) is 4.90 Å². The molecule has 0 bridgehead atoms. The Hall–Kier alpha value is -2.38. The van der Waals surface area contributed by atoms with Crippen LogP contribution in [0.25, 0.3) is 0 Å². The average molecular weight is 695 g/mol. The number of esters is 1. The van der Waals surface area contributed by atoms with E-state index >= 15 is 0 Å². The van der Waals surface area contributed by atoms with E-state index in [1.165, 1.54) is 12.5 Å². The fourth-order valence-corrected chi connectivity index (χ4v) is 13.2. The zero-order chi connectivity index (χ0) is 36.8. The van der Waals surface area contributed by atoms with E-state index < -0.39 is 11.0 Å². The number of rotatable bonds is 5. The fraction of sp³-hybridized carbons (Fsp3) is 0.857. The number of hydrogen-bond acceptors (Lipinski definition) is 6. The Labute approximate surface area is 301 Å². The maximum Gasteiger partial charge on any atom is 0.410 e. The summed E-state index contributed by atoms with van der Waals surface area (Å²) in [5, 5.41) is 3.32. The van der Waals surface area contributed by atoms with Crippen molar-refractivity contribution in [3.8, 4) is 0 Å². The SMILES string of the molecule is CC(=O)O[C@H]1CC[C@@]2(C)C(CC[C@]3(C)C2CCC2=C4C(C(C)C)C(=O)C[C@]4(C(=O)NCC4CCCN4C(=O)OC(C)(C)C)CC[C@]23C)C1(C)C. The highest BCUT2D eigenvalue weighted by atomic mass is 16.6. The molecule has 0 aromatic carbocycles. The van der Waals surface area contributed by atoms with E-state index in [0.717, 1.165) is 63.4 Å². The van der Waals surface area contributed by atoms with Gasteiger partial charge in [-0.2, -0.15) is 0 Å². The van der Waals surface area contributed by atoms with Crippen molar-refractivity contribution in [3.63, 3.8) is 0 Å². The van der Waals surface area contributed by atoms with Gasteiger partial charge in [0.25, 0.3) is 0 Å². The zero-order valence-corrected chi connectivity index (χ0v) is 33.1. The molecular weight excluding hydrogens is 628 g/mol. The monoisotopic (exact) mass is 694 g/mol. The number of carbonyl (C=O) groups is 4. The van der Waals surface area contributed by atoms with Crippen LogP contribution >= 0.6 is 0 Å². The first-order valence-electron chi connectivity index (χ1n) is 19.8. The van der Waals surface area contributed by atoms with Gasteiger partial charge in [0.15, 0.2) is 0 Å². The lowest BCUT2D eigenvalue weighted by atomic mass is 9.34. The summed E-state index contributed by atoms with van der Waals surface area (Å²) in [7, 11) is 0. The molecule has 0 aromatic rings. The van der Waals surface area contributed by atoms with Crippen molar-refractivity contribution in [1.29, 1.82) is 0 Å². The number of amides is 2. The standard InChI is InChI=1S/C42H66N2O6/c1-25(2)33-29(46)23-42(35(47)43-24-27-13-12-22-44(27)36(48)50-37(4,5)6)21-20-40(10)28(34(33)42)14-15-31-39(9)18-17-32(49-26(3)45)38(7,8)30(39)16-19-41(31,40)11/h25,27,30-33H,12-24H2,1-11H3,(H,43,47)/t27?,30?,31?,32-,33?,39-,40+,41+,42+/m0/s1. The molecule has 2 amide bonds. The van der Waals surface area contributed by atoms with Crippen molar-refractivity contribution in [3.05, 3.63) is 11.1 Å². The molecule has 0 radical (unpaired) electrons. The number of fused-ring (bicyclic) bond motifs is 6. The van der Waals surface area contributed by atoms with Crippen molar-refractivity contribution in [2.45, 2.75) is 165 Å².